The van der Waals surface area contributed by atoms with Crippen LogP contribution >= 0.6 is 0 Å². The zero-order chi connectivity index (χ0) is 17.0. The standard InChI is InChI=1S/C17H33NO4/c1-7-8-9-10-11-12-15(18-13-19)16(14(2)3)17(20-4,21-5)22-6/h14-16H,7-12H2,1-6H3. The van der Waals surface area contributed by atoms with Gasteiger partial charge < -0.3 is 14.2 Å². The minimum absolute atomic E-state index is 0.178. The van der Waals surface area contributed by atoms with Gasteiger partial charge in [0.2, 0.25) is 6.08 Å². The molecule has 0 saturated carbocycles. The number of aliphatic imine (C=N–C) groups is 1. The van der Waals surface area contributed by atoms with Gasteiger partial charge in [0.15, 0.2) is 0 Å². The van der Waals surface area contributed by atoms with Crippen molar-refractivity contribution in [3.63, 3.8) is 0 Å². The van der Waals surface area contributed by atoms with E-state index in [9.17, 15) is 4.79 Å². The highest BCUT2D eigenvalue weighted by molar-refractivity contribution is 5.33. The summed E-state index contributed by atoms with van der Waals surface area (Å²) in [4.78, 5) is 14.9. The largest absolute Gasteiger partial charge is 0.331 e. The molecule has 22 heavy (non-hydrogen) atoms. The van der Waals surface area contributed by atoms with Gasteiger partial charge in [-0.2, -0.15) is 0 Å². The highest BCUT2D eigenvalue weighted by atomic mass is 16.9. The van der Waals surface area contributed by atoms with Crippen molar-refractivity contribution in [3.05, 3.63) is 0 Å². The van der Waals surface area contributed by atoms with Crippen LogP contribution in [0.5, 0.6) is 0 Å². The van der Waals surface area contributed by atoms with Crippen molar-refractivity contribution >= 4 is 6.08 Å². The van der Waals surface area contributed by atoms with Crippen molar-refractivity contribution in [2.24, 2.45) is 16.8 Å². The molecule has 0 N–H and O–H groups in total. The molecule has 0 aliphatic rings. The molecule has 2 atom stereocenters. The van der Waals surface area contributed by atoms with Crippen molar-refractivity contribution in [1.29, 1.82) is 0 Å². The maximum absolute atomic E-state index is 10.9. The molecule has 0 amide bonds. The molecule has 0 aromatic rings. The maximum Gasteiger partial charge on any atom is 0.287 e. The highest BCUT2D eigenvalue weighted by Gasteiger charge is 2.46. The van der Waals surface area contributed by atoms with E-state index in [1.54, 1.807) is 27.4 Å². The van der Waals surface area contributed by atoms with Crippen LogP contribution in [0.3, 0.4) is 0 Å². The van der Waals surface area contributed by atoms with Gasteiger partial charge in [-0.15, -0.1) is 0 Å². The molecule has 0 spiro atoms. The first-order valence-electron chi connectivity index (χ1n) is 8.25. The van der Waals surface area contributed by atoms with Crippen LogP contribution in [0.4, 0.5) is 0 Å². The van der Waals surface area contributed by atoms with Crippen LogP contribution in [-0.4, -0.2) is 39.4 Å². The molecule has 0 fully saturated rings. The SMILES string of the molecule is CCCCCCCC(N=C=O)C(C(C)C)C(OC)(OC)OC. The summed E-state index contributed by atoms with van der Waals surface area (Å²) in [5.41, 5.74) is 0. The minimum atomic E-state index is -1.19. The van der Waals surface area contributed by atoms with Gasteiger partial charge in [0.05, 0.1) is 12.0 Å². The van der Waals surface area contributed by atoms with Gasteiger partial charge in [-0.3, -0.25) is 0 Å². The quantitative estimate of drug-likeness (QED) is 0.224. The Kier molecular flexibility index (Phi) is 11.4. The number of rotatable bonds is 13. The molecule has 0 saturated heterocycles. The van der Waals surface area contributed by atoms with Gasteiger partial charge in [0.1, 0.15) is 0 Å². The maximum atomic E-state index is 10.9. The van der Waals surface area contributed by atoms with E-state index in [-0.39, 0.29) is 17.9 Å². The van der Waals surface area contributed by atoms with Crippen molar-refractivity contribution in [1.82, 2.24) is 0 Å². The zero-order valence-electron chi connectivity index (χ0n) is 15.1. The van der Waals surface area contributed by atoms with Crippen LogP contribution in [0.2, 0.25) is 0 Å². The summed E-state index contributed by atoms with van der Waals surface area (Å²) >= 11 is 0. The van der Waals surface area contributed by atoms with Crippen molar-refractivity contribution in [2.45, 2.75) is 71.3 Å². The Hall–Kier alpha value is -0.740. The fourth-order valence-corrected chi connectivity index (χ4v) is 3.10. The summed E-state index contributed by atoms with van der Waals surface area (Å²) in [6, 6.07) is -0.223. The molecular weight excluding hydrogens is 282 g/mol. The first-order chi connectivity index (χ1) is 10.5. The normalized spacial score (nSPS) is 14.7. The Morgan fingerprint density at radius 2 is 1.55 bits per heavy atom. The first kappa shape index (κ1) is 21.3. The Morgan fingerprint density at radius 3 is 1.95 bits per heavy atom. The molecule has 0 rings (SSSR count). The van der Waals surface area contributed by atoms with E-state index in [4.69, 9.17) is 14.2 Å². The monoisotopic (exact) mass is 315 g/mol. The average molecular weight is 315 g/mol. The topological polar surface area (TPSA) is 57.1 Å². The molecule has 0 bridgehead atoms. The number of ether oxygens (including phenoxy) is 3. The number of carbonyl (C=O) groups excluding carboxylic acids is 1. The molecule has 2 unspecified atom stereocenters. The summed E-state index contributed by atoms with van der Waals surface area (Å²) in [6.45, 7) is 6.31. The van der Waals surface area contributed by atoms with Crippen LogP contribution in [0.1, 0.15) is 59.3 Å². The smallest absolute Gasteiger partial charge is 0.287 e. The predicted molar refractivity (Wildman–Crippen MR) is 87.4 cm³/mol. The molecule has 0 aromatic heterocycles. The van der Waals surface area contributed by atoms with Gasteiger partial charge in [-0.05, 0) is 12.3 Å². The molecular formula is C17H33NO4. The van der Waals surface area contributed by atoms with Crippen LogP contribution in [0.25, 0.3) is 0 Å². The van der Waals surface area contributed by atoms with E-state index >= 15 is 0 Å². The summed E-state index contributed by atoms with van der Waals surface area (Å²) in [5.74, 6) is -1.19. The van der Waals surface area contributed by atoms with Crippen LogP contribution in [-0.2, 0) is 19.0 Å². The van der Waals surface area contributed by atoms with Gasteiger partial charge >= 0.3 is 0 Å². The van der Waals surface area contributed by atoms with E-state index in [2.05, 4.69) is 25.8 Å². The van der Waals surface area contributed by atoms with Gasteiger partial charge in [-0.1, -0.05) is 52.9 Å². The predicted octanol–water partition coefficient (Wildman–Crippen LogP) is 3.92. The average Bonchev–Trinajstić information content (AvgIpc) is 2.51. The molecule has 0 aromatic carbocycles. The molecule has 0 heterocycles. The van der Waals surface area contributed by atoms with Gasteiger partial charge in [0, 0.05) is 21.3 Å². The number of hydrogen-bond acceptors (Lipinski definition) is 5. The number of nitrogens with zero attached hydrogens (tertiary/aromatic N) is 1. The second-order valence-corrected chi connectivity index (χ2v) is 5.98. The minimum Gasteiger partial charge on any atom is -0.331 e. The number of unbranched alkanes of at least 4 members (excludes halogenated alkanes) is 4. The van der Waals surface area contributed by atoms with E-state index in [0.717, 1.165) is 19.3 Å². The summed E-state index contributed by atoms with van der Waals surface area (Å²) < 4.78 is 16.5. The lowest BCUT2D eigenvalue weighted by molar-refractivity contribution is -0.386. The number of hydrogen-bond donors (Lipinski definition) is 0. The second kappa shape index (κ2) is 11.8. The lowest BCUT2D eigenvalue weighted by Gasteiger charge is -2.41. The molecule has 0 aliphatic heterocycles. The zero-order valence-corrected chi connectivity index (χ0v) is 15.1. The number of isocyanates is 1. The third-order valence-electron chi connectivity index (χ3n) is 4.22. The van der Waals surface area contributed by atoms with E-state index < -0.39 is 5.97 Å². The first-order valence-corrected chi connectivity index (χ1v) is 8.25. The summed E-state index contributed by atoms with van der Waals surface area (Å²) in [5, 5.41) is 0. The molecule has 0 aliphatic carbocycles. The Balaban J connectivity index is 5.06. The molecule has 5 nitrogen and oxygen atoms in total. The van der Waals surface area contributed by atoms with Crippen molar-refractivity contribution in [2.75, 3.05) is 21.3 Å². The van der Waals surface area contributed by atoms with E-state index in [0.29, 0.717) is 0 Å². The van der Waals surface area contributed by atoms with Crippen LogP contribution in [0, 0.1) is 11.8 Å². The number of methoxy groups -OCH3 is 3. The van der Waals surface area contributed by atoms with E-state index in [1.807, 2.05) is 0 Å². The van der Waals surface area contributed by atoms with Crippen LogP contribution in [0.15, 0.2) is 4.99 Å². The van der Waals surface area contributed by atoms with Crippen molar-refractivity contribution in [3.8, 4) is 0 Å². The molecule has 5 heteroatoms. The molecule has 130 valence electrons. The fraction of sp³-hybridized carbons (Fsp3) is 0.941. The van der Waals surface area contributed by atoms with Gasteiger partial charge in [0.25, 0.3) is 5.97 Å². The van der Waals surface area contributed by atoms with E-state index in [1.165, 1.54) is 19.3 Å². The second-order valence-electron chi connectivity index (χ2n) is 5.98. The summed E-state index contributed by atoms with van der Waals surface area (Å²) in [6.07, 6.45) is 8.34. The third-order valence-corrected chi connectivity index (χ3v) is 4.22. The van der Waals surface area contributed by atoms with Crippen LogP contribution < -0.4 is 0 Å². The van der Waals surface area contributed by atoms with Gasteiger partial charge in [-0.25, -0.2) is 9.79 Å². The highest BCUT2D eigenvalue weighted by Crippen LogP contribution is 2.36. The Bertz CT molecular complexity index is 314. The Morgan fingerprint density at radius 1 is 1.00 bits per heavy atom. The molecule has 0 radical (unpaired) electrons. The lowest BCUT2D eigenvalue weighted by Crippen LogP contribution is -2.51. The third kappa shape index (κ3) is 6.17. The Labute approximate surface area is 135 Å². The lowest BCUT2D eigenvalue weighted by atomic mass is 9.83. The summed E-state index contributed by atoms with van der Waals surface area (Å²) in [7, 11) is 4.64. The van der Waals surface area contributed by atoms with Crippen molar-refractivity contribution < 1.29 is 19.0 Å². The fourth-order valence-electron chi connectivity index (χ4n) is 3.10.